The molecule has 0 bridgehead atoms. The summed E-state index contributed by atoms with van der Waals surface area (Å²) in [5, 5.41) is 52.2. The maximum atomic E-state index is 14.9. The van der Waals surface area contributed by atoms with Crippen molar-refractivity contribution < 1.29 is 67.3 Å². The van der Waals surface area contributed by atoms with E-state index in [-0.39, 0.29) is 102 Å². The molecule has 1 aliphatic rings. The van der Waals surface area contributed by atoms with Gasteiger partial charge in [-0.2, -0.15) is 0 Å². The van der Waals surface area contributed by atoms with Crippen molar-refractivity contribution in [2.24, 2.45) is 28.7 Å². The first-order valence-electron chi connectivity index (χ1n) is 31.0. The van der Waals surface area contributed by atoms with Crippen molar-refractivity contribution in [3.8, 4) is 5.75 Å². The van der Waals surface area contributed by atoms with Gasteiger partial charge in [-0.15, -0.1) is 0 Å². The van der Waals surface area contributed by atoms with Gasteiger partial charge in [0, 0.05) is 72.0 Å². The third-order valence-corrected chi connectivity index (χ3v) is 14.9. The molecule has 32 nitrogen and oxygen atoms in total. The van der Waals surface area contributed by atoms with Gasteiger partial charge in [-0.05, 0) is 86.7 Å². The number of carbonyl (C=O) groups excluding carboxylic acids is 11. The molecular weight excluding hydrogens is 1220 g/mol. The minimum Gasteiger partial charge on any atom is -0.508 e. The van der Waals surface area contributed by atoms with Gasteiger partial charge in [-0.3, -0.25) is 63.6 Å². The molecule has 3 aromatic rings. The summed E-state index contributed by atoms with van der Waals surface area (Å²) < 4.78 is 10.5. The van der Waals surface area contributed by atoms with Crippen molar-refractivity contribution in [1.29, 1.82) is 10.8 Å². The molecule has 0 aromatic heterocycles. The zero-order valence-corrected chi connectivity index (χ0v) is 52.8. The number of benzene rings is 3. The Labute approximate surface area is 545 Å². The number of phenolic OH excluding ortho intramolecular Hbond substituents is 1. The molecule has 32 heteroatoms. The van der Waals surface area contributed by atoms with Crippen molar-refractivity contribution in [3.05, 3.63) is 102 Å². The van der Waals surface area contributed by atoms with Crippen molar-refractivity contribution >= 4 is 76.9 Å². The summed E-state index contributed by atoms with van der Waals surface area (Å²) in [5.74, 6) is -10.1. The average molecular weight is 1310 g/mol. The van der Waals surface area contributed by atoms with Gasteiger partial charge in [-0.1, -0.05) is 72.8 Å². The predicted octanol–water partition coefficient (Wildman–Crippen LogP) is -4.01. The summed E-state index contributed by atoms with van der Waals surface area (Å²) in [6, 6.07) is 11.7. The topological polar surface area (TPSA) is 528 Å². The number of rotatable bonds is 44. The maximum absolute atomic E-state index is 14.9. The second-order valence-electron chi connectivity index (χ2n) is 22.4. The largest absolute Gasteiger partial charge is 0.508 e. The highest BCUT2D eigenvalue weighted by Gasteiger charge is 2.40. The van der Waals surface area contributed by atoms with E-state index in [4.69, 9.17) is 49.0 Å². The average Bonchev–Trinajstić information content (AvgIpc) is 1.67. The lowest BCUT2D eigenvalue weighted by atomic mass is 10.0. The Kier molecular flexibility index (Phi) is 33.8. The lowest BCUT2D eigenvalue weighted by molar-refractivity contribution is -0.142. The molecule has 23 N–H and O–H groups in total. The van der Waals surface area contributed by atoms with Gasteiger partial charge in [0.15, 0.2) is 11.9 Å². The highest BCUT2D eigenvalue weighted by Crippen LogP contribution is 2.21. The van der Waals surface area contributed by atoms with Gasteiger partial charge in [0.2, 0.25) is 65.0 Å². The fourth-order valence-electron chi connectivity index (χ4n) is 10.0. The Morgan fingerprint density at radius 1 is 0.521 bits per heavy atom. The van der Waals surface area contributed by atoms with Gasteiger partial charge >= 0.3 is 0 Å². The summed E-state index contributed by atoms with van der Waals surface area (Å²) in [5.41, 5.74) is 28.9. The van der Waals surface area contributed by atoms with E-state index < -0.39 is 133 Å². The number of nitrogens with zero attached hydrogens (tertiary/aromatic N) is 1. The summed E-state index contributed by atoms with van der Waals surface area (Å²) in [7, 11) is 1.58. The number of nitrogens with one attached hydrogen (secondary N) is 12. The molecule has 8 atom stereocenters. The molecule has 4 rings (SSSR count). The Hall–Kier alpha value is -9.95. The van der Waals surface area contributed by atoms with Crippen LogP contribution in [0, 0.1) is 10.8 Å². The molecule has 1 heterocycles. The van der Waals surface area contributed by atoms with Crippen LogP contribution in [0.15, 0.2) is 84.9 Å². The van der Waals surface area contributed by atoms with Gasteiger partial charge in [0.05, 0.1) is 19.6 Å². The molecule has 514 valence electrons. The molecule has 3 aromatic carbocycles. The van der Waals surface area contributed by atoms with Crippen LogP contribution in [0.2, 0.25) is 0 Å². The minimum absolute atomic E-state index is 0.00686. The Balaban J connectivity index is 1.64. The smallest absolute Gasteiger partial charge is 0.245 e. The van der Waals surface area contributed by atoms with E-state index in [1.807, 2.05) is 0 Å². The van der Waals surface area contributed by atoms with Gasteiger partial charge in [0.25, 0.3) is 0 Å². The summed E-state index contributed by atoms with van der Waals surface area (Å²) in [4.78, 5) is 153. The van der Waals surface area contributed by atoms with Gasteiger partial charge in [-0.25, -0.2) is 0 Å². The third kappa shape index (κ3) is 29.1. The first kappa shape index (κ1) is 76.5. The van der Waals surface area contributed by atoms with Crippen LogP contribution in [0.1, 0.15) is 87.3 Å². The van der Waals surface area contributed by atoms with Crippen molar-refractivity contribution in [2.75, 3.05) is 59.7 Å². The number of likely N-dealkylation sites (tertiary alicyclic amines) is 1. The molecule has 0 unspecified atom stereocenters. The Bertz CT molecular complexity index is 3000. The van der Waals surface area contributed by atoms with E-state index in [0.29, 0.717) is 55.9 Å². The van der Waals surface area contributed by atoms with Crippen molar-refractivity contribution in [3.63, 3.8) is 0 Å². The summed E-state index contributed by atoms with van der Waals surface area (Å²) in [6.45, 7) is 2.36. The van der Waals surface area contributed by atoms with Crippen LogP contribution in [0.4, 0.5) is 0 Å². The first-order chi connectivity index (χ1) is 44.9. The van der Waals surface area contributed by atoms with E-state index in [0.717, 1.165) is 0 Å². The number of carbonyl (C=O) groups is 11. The summed E-state index contributed by atoms with van der Waals surface area (Å²) in [6.07, 6.45) is -0.777. The SMILES string of the molecule is COCCOCCCNCCC(=O)N[C@@H](Cc1ccc(O)cc1)C(=O)N[C@@H](Cc1ccccc1)C(=O)N[C@@H](CCC(N)=O)C(=O)N[C@@H](Cc1ccccc1)C(=O)N[C@@H](CCCNC(=N)N)C(=O)N1CCC[C@H]1C(=O)N[C@@H](CCCNC(=N)N)C(=O)N[C@@H](CC(N)=O)C(N)=O. The number of guanidine groups is 2. The fraction of sp³-hybridized carbons (Fsp3) is 0.500. The van der Waals surface area contributed by atoms with Crippen LogP contribution in [-0.2, 0) is 81.5 Å². The Morgan fingerprint density at radius 2 is 1.00 bits per heavy atom. The quantitative estimate of drug-likeness (QED) is 0.0146. The zero-order valence-electron chi connectivity index (χ0n) is 52.8. The second-order valence-corrected chi connectivity index (χ2v) is 22.4. The second kappa shape index (κ2) is 41.5. The molecule has 0 saturated carbocycles. The molecule has 0 spiro atoms. The molecule has 94 heavy (non-hydrogen) atoms. The number of aromatic hydroxyl groups is 1. The monoisotopic (exact) mass is 1310 g/mol. The van der Waals surface area contributed by atoms with Crippen LogP contribution < -0.4 is 81.8 Å². The molecule has 0 radical (unpaired) electrons. The lowest BCUT2D eigenvalue weighted by Crippen LogP contribution is -2.61. The van der Waals surface area contributed by atoms with Crippen LogP contribution in [0.25, 0.3) is 0 Å². The van der Waals surface area contributed by atoms with E-state index >= 15 is 0 Å². The van der Waals surface area contributed by atoms with E-state index in [1.165, 1.54) is 17.0 Å². The zero-order chi connectivity index (χ0) is 69.0. The normalized spacial score (nSPS) is 14.8. The standard InChI is InChI=1S/C62H92N18O14/c1-93-32-33-94-31-11-26-70-29-25-52(84)73-46(36-40-19-21-41(81)22-20-40)56(88)79-47(34-38-12-4-2-5-13-38)57(89)74-43(23-24-50(63)82)55(87)78-48(35-39-14-6-3-7-15-39)58(90)76-44(17-9-28-72-62(68)69)60(92)80-30-10-18-49(80)59(91)75-42(16-8-27-71-61(66)67)54(86)77-45(53(65)85)37-51(64)83/h2-7,12-15,19-22,42-49,70,81H,8-11,16-18,23-37H2,1H3,(H2,63,82)(H2,64,83)(H2,65,85)(H,73,84)(H,74,89)(H,75,91)(H,76,90)(H,77,86)(H,78,87)(H,79,88)(H4,66,67,71)(H4,68,69,72)/t42-,43-,44-,45-,46-,47-,48-,49-/m0/s1. The van der Waals surface area contributed by atoms with E-state index in [9.17, 15) is 57.8 Å². The molecule has 1 aliphatic heterocycles. The highest BCUT2D eigenvalue weighted by molar-refractivity contribution is 5.99. The number of methoxy groups -OCH3 is 1. The number of amides is 11. The number of phenols is 1. The van der Waals surface area contributed by atoms with Gasteiger partial charge in [0.1, 0.15) is 54.1 Å². The number of ether oxygens (including phenoxy) is 2. The minimum atomic E-state index is -1.60. The maximum Gasteiger partial charge on any atom is 0.245 e. The van der Waals surface area contributed by atoms with E-state index in [1.54, 1.807) is 79.9 Å². The van der Waals surface area contributed by atoms with Crippen LogP contribution >= 0.6 is 0 Å². The highest BCUT2D eigenvalue weighted by atomic mass is 16.5. The summed E-state index contributed by atoms with van der Waals surface area (Å²) >= 11 is 0. The van der Waals surface area contributed by atoms with Crippen molar-refractivity contribution in [1.82, 2.24) is 58.1 Å². The molecule has 11 amide bonds. The molecule has 0 aliphatic carbocycles. The number of hydrogen-bond acceptors (Lipinski definition) is 17. The van der Waals surface area contributed by atoms with Crippen LogP contribution in [-0.4, -0.2) is 195 Å². The van der Waals surface area contributed by atoms with Crippen LogP contribution in [0.3, 0.4) is 0 Å². The number of hydrogen-bond donors (Lipinski definition) is 18. The fourth-order valence-corrected chi connectivity index (χ4v) is 10.0. The van der Waals surface area contributed by atoms with E-state index in [2.05, 4.69) is 53.2 Å². The molecule has 1 fully saturated rings. The number of primary amides is 3. The van der Waals surface area contributed by atoms with Crippen molar-refractivity contribution in [2.45, 2.75) is 138 Å². The molecular formula is C62H92N18O14. The lowest BCUT2D eigenvalue weighted by Gasteiger charge is -2.31. The van der Waals surface area contributed by atoms with Gasteiger partial charge < -0.3 is 101 Å². The number of nitrogens with two attached hydrogens (primary N) is 5. The third-order valence-electron chi connectivity index (χ3n) is 14.9. The first-order valence-corrected chi connectivity index (χ1v) is 31.0. The molecule has 1 saturated heterocycles. The van der Waals surface area contributed by atoms with Crippen LogP contribution in [0.5, 0.6) is 5.75 Å². The predicted molar refractivity (Wildman–Crippen MR) is 345 cm³/mol. The Morgan fingerprint density at radius 3 is 1.51 bits per heavy atom.